The molecular weight excluding hydrogens is 212 g/mol. The number of nitrogens with zero attached hydrogens (tertiary/aromatic N) is 2. The lowest BCUT2D eigenvalue weighted by atomic mass is 10.3. The van der Waals surface area contributed by atoms with Crippen LogP contribution in [0.3, 0.4) is 0 Å². The number of hydrogen-bond acceptors (Lipinski definition) is 2. The summed E-state index contributed by atoms with van der Waals surface area (Å²) in [7, 11) is 0. The van der Waals surface area contributed by atoms with Crippen LogP contribution in [0.4, 0.5) is 0 Å². The van der Waals surface area contributed by atoms with Gasteiger partial charge in [-0.2, -0.15) is 5.10 Å². The second kappa shape index (κ2) is 3.59. The highest BCUT2D eigenvalue weighted by Gasteiger charge is 2.04. The van der Waals surface area contributed by atoms with Crippen LogP contribution in [0.2, 0.25) is 5.02 Å². The molecule has 1 aromatic carbocycles. The lowest BCUT2D eigenvalue weighted by Crippen LogP contribution is -1.94. The number of aryl methyl sites for hydroxylation is 2. The van der Waals surface area contributed by atoms with Crippen LogP contribution in [-0.2, 0) is 0 Å². The fourth-order valence-corrected chi connectivity index (χ4v) is 1.49. The standard InChI is InChI=1S/C11H11ClN2O/c1-7-6-14(13-8(7)2)9-3-4-11(15)10(12)5-9/h3-6,15H,1-2H3. The van der Waals surface area contributed by atoms with Crippen molar-refractivity contribution in [1.29, 1.82) is 0 Å². The molecule has 3 nitrogen and oxygen atoms in total. The summed E-state index contributed by atoms with van der Waals surface area (Å²) < 4.78 is 1.75. The second-order valence-electron chi connectivity index (χ2n) is 3.48. The smallest absolute Gasteiger partial charge is 0.134 e. The van der Waals surface area contributed by atoms with Gasteiger partial charge in [0.15, 0.2) is 0 Å². The van der Waals surface area contributed by atoms with E-state index in [-0.39, 0.29) is 5.75 Å². The zero-order chi connectivity index (χ0) is 11.0. The molecule has 78 valence electrons. The van der Waals surface area contributed by atoms with E-state index in [0.717, 1.165) is 16.9 Å². The summed E-state index contributed by atoms with van der Waals surface area (Å²) in [5.74, 6) is 0.0843. The Hall–Kier alpha value is -1.48. The molecule has 0 aliphatic rings. The van der Waals surface area contributed by atoms with Gasteiger partial charge in [0.1, 0.15) is 5.75 Å². The normalized spacial score (nSPS) is 10.6. The summed E-state index contributed by atoms with van der Waals surface area (Å²) in [5.41, 5.74) is 2.95. The van der Waals surface area contributed by atoms with Crippen LogP contribution >= 0.6 is 11.6 Å². The van der Waals surface area contributed by atoms with Crippen LogP contribution in [0.15, 0.2) is 24.4 Å². The number of phenolic OH excluding ortho intramolecular Hbond substituents is 1. The maximum Gasteiger partial charge on any atom is 0.134 e. The highest BCUT2D eigenvalue weighted by atomic mass is 35.5. The molecule has 0 saturated carbocycles. The van der Waals surface area contributed by atoms with Crippen LogP contribution in [0.1, 0.15) is 11.3 Å². The average Bonchev–Trinajstić information content (AvgIpc) is 2.52. The van der Waals surface area contributed by atoms with Crippen LogP contribution < -0.4 is 0 Å². The van der Waals surface area contributed by atoms with Crippen LogP contribution in [0.5, 0.6) is 5.75 Å². The third kappa shape index (κ3) is 1.83. The zero-order valence-corrected chi connectivity index (χ0v) is 9.28. The van der Waals surface area contributed by atoms with Crippen molar-refractivity contribution in [2.45, 2.75) is 13.8 Å². The fourth-order valence-electron chi connectivity index (χ4n) is 1.32. The van der Waals surface area contributed by atoms with Gasteiger partial charge in [0, 0.05) is 6.20 Å². The molecular formula is C11H11ClN2O. The van der Waals surface area contributed by atoms with E-state index in [1.54, 1.807) is 22.9 Å². The largest absolute Gasteiger partial charge is 0.506 e. The van der Waals surface area contributed by atoms with Crippen molar-refractivity contribution in [1.82, 2.24) is 9.78 Å². The first-order valence-corrected chi connectivity index (χ1v) is 4.97. The summed E-state index contributed by atoms with van der Waals surface area (Å²) >= 11 is 5.82. The molecule has 0 saturated heterocycles. The van der Waals surface area contributed by atoms with Crippen LogP contribution in [0, 0.1) is 13.8 Å². The maximum absolute atomic E-state index is 9.29. The van der Waals surface area contributed by atoms with E-state index >= 15 is 0 Å². The van der Waals surface area contributed by atoms with Crippen molar-refractivity contribution in [3.8, 4) is 11.4 Å². The van der Waals surface area contributed by atoms with E-state index in [1.165, 1.54) is 0 Å². The predicted octanol–water partition coefficient (Wildman–Crippen LogP) is 2.85. The molecule has 1 heterocycles. The zero-order valence-electron chi connectivity index (χ0n) is 8.53. The molecule has 1 N–H and O–H groups in total. The van der Waals surface area contributed by atoms with Gasteiger partial charge in [0.25, 0.3) is 0 Å². The van der Waals surface area contributed by atoms with E-state index < -0.39 is 0 Å². The molecule has 0 amide bonds. The van der Waals surface area contributed by atoms with Gasteiger partial charge in [0.05, 0.1) is 16.4 Å². The quantitative estimate of drug-likeness (QED) is 0.806. The van der Waals surface area contributed by atoms with Gasteiger partial charge in [0.2, 0.25) is 0 Å². The van der Waals surface area contributed by atoms with E-state index in [2.05, 4.69) is 5.10 Å². The van der Waals surface area contributed by atoms with Gasteiger partial charge in [-0.25, -0.2) is 4.68 Å². The molecule has 0 radical (unpaired) electrons. The van der Waals surface area contributed by atoms with Crippen molar-refractivity contribution in [2.24, 2.45) is 0 Å². The number of aromatic hydroxyl groups is 1. The van der Waals surface area contributed by atoms with Gasteiger partial charge >= 0.3 is 0 Å². The Kier molecular flexibility index (Phi) is 2.40. The Labute approximate surface area is 92.9 Å². The number of rotatable bonds is 1. The van der Waals surface area contributed by atoms with Crippen molar-refractivity contribution in [3.63, 3.8) is 0 Å². The Balaban J connectivity index is 2.49. The lowest BCUT2D eigenvalue weighted by Gasteiger charge is -2.02. The molecule has 15 heavy (non-hydrogen) atoms. The Morgan fingerprint density at radius 2 is 2.07 bits per heavy atom. The third-order valence-electron chi connectivity index (χ3n) is 2.34. The number of halogens is 1. The van der Waals surface area contributed by atoms with E-state index in [1.807, 2.05) is 20.0 Å². The van der Waals surface area contributed by atoms with Gasteiger partial charge < -0.3 is 5.11 Å². The lowest BCUT2D eigenvalue weighted by molar-refractivity contribution is 0.475. The predicted molar refractivity (Wildman–Crippen MR) is 59.7 cm³/mol. The van der Waals surface area contributed by atoms with E-state index in [4.69, 9.17) is 11.6 Å². The minimum atomic E-state index is 0.0843. The van der Waals surface area contributed by atoms with Crippen molar-refractivity contribution in [2.75, 3.05) is 0 Å². The minimum Gasteiger partial charge on any atom is -0.506 e. The number of benzene rings is 1. The number of phenols is 1. The Morgan fingerprint density at radius 3 is 2.60 bits per heavy atom. The summed E-state index contributed by atoms with van der Waals surface area (Å²) in [6.45, 7) is 3.95. The van der Waals surface area contributed by atoms with Crippen LogP contribution in [0.25, 0.3) is 5.69 Å². The summed E-state index contributed by atoms with van der Waals surface area (Å²) in [6, 6.07) is 5.01. The first kappa shape index (κ1) is 10.1. The van der Waals surface area contributed by atoms with E-state index in [0.29, 0.717) is 5.02 Å². The molecule has 0 bridgehead atoms. The molecule has 2 rings (SSSR count). The first-order valence-electron chi connectivity index (χ1n) is 4.59. The molecule has 1 aromatic heterocycles. The maximum atomic E-state index is 9.29. The molecule has 4 heteroatoms. The monoisotopic (exact) mass is 222 g/mol. The van der Waals surface area contributed by atoms with Gasteiger partial charge in [-0.3, -0.25) is 0 Å². The second-order valence-corrected chi connectivity index (χ2v) is 3.89. The van der Waals surface area contributed by atoms with Crippen molar-refractivity contribution < 1.29 is 5.11 Å². The molecule has 0 fully saturated rings. The molecule has 0 aliphatic heterocycles. The SMILES string of the molecule is Cc1cn(-c2ccc(O)c(Cl)c2)nc1C. The minimum absolute atomic E-state index is 0.0843. The topological polar surface area (TPSA) is 38.0 Å². The van der Waals surface area contributed by atoms with Crippen molar-refractivity contribution >= 4 is 11.6 Å². The fraction of sp³-hybridized carbons (Fsp3) is 0.182. The third-order valence-corrected chi connectivity index (χ3v) is 2.64. The first-order chi connectivity index (χ1) is 7.08. The molecule has 0 atom stereocenters. The van der Waals surface area contributed by atoms with Crippen molar-refractivity contribution in [3.05, 3.63) is 40.7 Å². The Morgan fingerprint density at radius 1 is 1.33 bits per heavy atom. The average molecular weight is 223 g/mol. The molecule has 2 aromatic rings. The number of aromatic nitrogens is 2. The van der Waals surface area contributed by atoms with Gasteiger partial charge in [-0.1, -0.05) is 11.6 Å². The summed E-state index contributed by atoms with van der Waals surface area (Å²) in [4.78, 5) is 0. The number of hydrogen-bond donors (Lipinski definition) is 1. The molecule has 0 aliphatic carbocycles. The summed E-state index contributed by atoms with van der Waals surface area (Å²) in [5, 5.41) is 13.9. The Bertz CT molecular complexity index is 486. The van der Waals surface area contributed by atoms with Gasteiger partial charge in [-0.05, 0) is 37.6 Å². The van der Waals surface area contributed by atoms with Crippen LogP contribution in [-0.4, -0.2) is 14.9 Å². The van der Waals surface area contributed by atoms with E-state index in [9.17, 15) is 5.11 Å². The highest BCUT2D eigenvalue weighted by Crippen LogP contribution is 2.25. The van der Waals surface area contributed by atoms with Gasteiger partial charge in [-0.15, -0.1) is 0 Å². The molecule has 0 spiro atoms. The summed E-state index contributed by atoms with van der Waals surface area (Å²) in [6.07, 6.45) is 1.93. The highest BCUT2D eigenvalue weighted by molar-refractivity contribution is 6.32. The molecule has 0 unspecified atom stereocenters.